The summed E-state index contributed by atoms with van der Waals surface area (Å²) < 4.78 is 0.996. The number of amides is 3. The fourth-order valence-corrected chi connectivity index (χ4v) is 5.42. The molecule has 0 spiro atoms. The monoisotopic (exact) mass is 473 g/mol. The molecule has 0 unspecified atom stereocenters. The molecule has 0 bridgehead atoms. The molecule has 6 nitrogen and oxygen atoms in total. The third kappa shape index (κ3) is 4.15. The number of fused-ring (bicyclic) bond motifs is 1. The highest BCUT2D eigenvalue weighted by Gasteiger charge is 2.30. The van der Waals surface area contributed by atoms with E-state index in [1.807, 2.05) is 61.5 Å². The fourth-order valence-electron chi connectivity index (χ4n) is 3.72. The van der Waals surface area contributed by atoms with Crippen LogP contribution >= 0.6 is 23.1 Å². The molecule has 0 atom stereocenters. The fraction of sp³-hybridized carbons (Fsp3) is 0.120. The summed E-state index contributed by atoms with van der Waals surface area (Å²) in [7, 11) is 0. The van der Waals surface area contributed by atoms with Crippen molar-refractivity contribution < 1.29 is 14.4 Å². The summed E-state index contributed by atoms with van der Waals surface area (Å²) in [5.74, 6) is -0.271. The Bertz CT molecular complexity index is 1350. The highest BCUT2D eigenvalue weighted by Crippen LogP contribution is 2.36. The van der Waals surface area contributed by atoms with Crippen LogP contribution in [0.3, 0.4) is 0 Å². The Labute approximate surface area is 198 Å². The van der Waals surface area contributed by atoms with Gasteiger partial charge in [-0.25, -0.2) is 4.98 Å². The Kier molecular flexibility index (Phi) is 5.70. The number of imide groups is 1. The van der Waals surface area contributed by atoms with Gasteiger partial charge in [-0.05, 0) is 48.4 Å². The van der Waals surface area contributed by atoms with Crippen LogP contribution in [0.15, 0.2) is 72.8 Å². The first-order chi connectivity index (χ1) is 16.0. The van der Waals surface area contributed by atoms with Crippen molar-refractivity contribution >= 4 is 61.2 Å². The van der Waals surface area contributed by atoms with E-state index in [1.165, 1.54) is 16.2 Å². The molecule has 0 radical (unpaired) electrons. The topological polar surface area (TPSA) is 70.6 Å². The highest BCUT2D eigenvalue weighted by molar-refractivity contribution is 8.14. The first kappa shape index (κ1) is 21.4. The number of rotatable bonds is 5. The molecular weight excluding hydrogens is 454 g/mol. The predicted molar refractivity (Wildman–Crippen MR) is 132 cm³/mol. The molecule has 164 valence electrons. The molecule has 1 aromatic heterocycles. The summed E-state index contributed by atoms with van der Waals surface area (Å²) in [6.45, 7) is 2.11. The first-order valence-electron chi connectivity index (χ1n) is 10.3. The molecule has 4 aromatic rings. The zero-order chi connectivity index (χ0) is 22.9. The molecule has 2 heterocycles. The average molecular weight is 474 g/mol. The van der Waals surface area contributed by atoms with Gasteiger partial charge in [-0.2, -0.15) is 0 Å². The lowest BCUT2D eigenvalue weighted by Crippen LogP contribution is -2.29. The van der Waals surface area contributed by atoms with Gasteiger partial charge in [-0.3, -0.25) is 24.2 Å². The van der Waals surface area contributed by atoms with Gasteiger partial charge in [0.15, 0.2) is 5.13 Å². The van der Waals surface area contributed by atoms with Crippen molar-refractivity contribution in [3.05, 3.63) is 89.5 Å². The molecule has 0 N–H and O–H groups in total. The van der Waals surface area contributed by atoms with E-state index in [4.69, 9.17) is 4.98 Å². The van der Waals surface area contributed by atoms with Crippen LogP contribution in [0.2, 0.25) is 0 Å². The molecule has 3 amide bonds. The third-order valence-corrected chi connectivity index (χ3v) is 7.27. The molecule has 5 rings (SSSR count). The number of benzene rings is 3. The van der Waals surface area contributed by atoms with Crippen molar-refractivity contribution in [1.82, 2.24) is 9.88 Å². The standard InChI is InChI=1S/C25H19N3O3S2/c1-16-7-2-4-11-20(16)28(24-26-19-10-3-5-12-21(19)33-24)23(30)18-9-6-8-17(13-18)14-27-22(29)15-32-25(27)31/h2-13H,14-15H2,1H3. The van der Waals surface area contributed by atoms with E-state index in [1.54, 1.807) is 23.1 Å². The third-order valence-electron chi connectivity index (χ3n) is 5.39. The van der Waals surface area contributed by atoms with E-state index in [0.717, 1.165) is 38.8 Å². The second-order valence-corrected chi connectivity index (χ2v) is 9.56. The molecule has 3 aromatic carbocycles. The average Bonchev–Trinajstić information content (AvgIpc) is 3.39. The number of carbonyl (C=O) groups is 3. The van der Waals surface area contributed by atoms with E-state index < -0.39 is 0 Å². The van der Waals surface area contributed by atoms with Gasteiger partial charge in [0.25, 0.3) is 11.1 Å². The largest absolute Gasteiger partial charge is 0.289 e. The zero-order valence-electron chi connectivity index (χ0n) is 17.7. The second kappa shape index (κ2) is 8.80. The van der Waals surface area contributed by atoms with Crippen LogP contribution in [-0.2, 0) is 11.3 Å². The van der Waals surface area contributed by atoms with Gasteiger partial charge in [0.2, 0.25) is 5.91 Å². The van der Waals surface area contributed by atoms with Crippen molar-refractivity contribution in [3.63, 3.8) is 0 Å². The molecule has 1 fully saturated rings. The number of hydrogen-bond donors (Lipinski definition) is 0. The van der Waals surface area contributed by atoms with Crippen molar-refractivity contribution in [1.29, 1.82) is 0 Å². The molecule has 8 heteroatoms. The summed E-state index contributed by atoms with van der Waals surface area (Å²) in [6, 6.07) is 22.6. The number of thiazole rings is 1. The zero-order valence-corrected chi connectivity index (χ0v) is 19.4. The molecule has 1 saturated heterocycles. The van der Waals surface area contributed by atoms with Gasteiger partial charge in [0, 0.05) is 5.56 Å². The highest BCUT2D eigenvalue weighted by atomic mass is 32.2. The SMILES string of the molecule is Cc1ccccc1N(C(=O)c1cccc(CN2C(=O)CSC2=O)c1)c1nc2ccccc2s1. The van der Waals surface area contributed by atoms with Crippen molar-refractivity contribution in [3.8, 4) is 0 Å². The van der Waals surface area contributed by atoms with Gasteiger partial charge in [-0.15, -0.1) is 0 Å². The van der Waals surface area contributed by atoms with Crippen LogP contribution in [0.25, 0.3) is 10.2 Å². The number of carbonyl (C=O) groups excluding carboxylic acids is 3. The lowest BCUT2D eigenvalue weighted by molar-refractivity contribution is -0.125. The van der Waals surface area contributed by atoms with Gasteiger partial charge in [0.05, 0.1) is 28.2 Å². The maximum atomic E-state index is 13.8. The maximum absolute atomic E-state index is 13.8. The van der Waals surface area contributed by atoms with E-state index in [-0.39, 0.29) is 29.4 Å². The Balaban J connectivity index is 1.54. The second-order valence-electron chi connectivity index (χ2n) is 7.63. The van der Waals surface area contributed by atoms with Crippen molar-refractivity contribution in [2.45, 2.75) is 13.5 Å². The Morgan fingerprint density at radius 1 is 1.03 bits per heavy atom. The lowest BCUT2D eigenvalue weighted by Gasteiger charge is -2.22. The minimum Gasteiger partial charge on any atom is -0.273 e. The number of para-hydroxylation sites is 2. The number of aromatic nitrogens is 1. The van der Waals surface area contributed by atoms with Gasteiger partial charge < -0.3 is 0 Å². The molecule has 0 aliphatic carbocycles. The summed E-state index contributed by atoms with van der Waals surface area (Å²) >= 11 is 2.46. The van der Waals surface area contributed by atoms with E-state index in [9.17, 15) is 14.4 Å². The van der Waals surface area contributed by atoms with E-state index in [0.29, 0.717) is 10.7 Å². The van der Waals surface area contributed by atoms with Crippen LogP contribution in [0.5, 0.6) is 0 Å². The Morgan fingerprint density at radius 3 is 2.58 bits per heavy atom. The molecule has 0 saturated carbocycles. The lowest BCUT2D eigenvalue weighted by atomic mass is 10.1. The summed E-state index contributed by atoms with van der Waals surface area (Å²) in [6.07, 6.45) is 0. The van der Waals surface area contributed by atoms with E-state index >= 15 is 0 Å². The van der Waals surface area contributed by atoms with Gasteiger partial charge >= 0.3 is 0 Å². The molecule has 1 aliphatic rings. The minimum atomic E-state index is -0.257. The maximum Gasteiger partial charge on any atom is 0.289 e. The van der Waals surface area contributed by atoms with Crippen molar-refractivity contribution in [2.75, 3.05) is 10.7 Å². The van der Waals surface area contributed by atoms with Crippen molar-refractivity contribution in [2.24, 2.45) is 0 Å². The summed E-state index contributed by atoms with van der Waals surface area (Å²) in [5, 5.41) is 0.329. The number of thioether (sulfide) groups is 1. The predicted octanol–water partition coefficient (Wildman–Crippen LogP) is 5.78. The number of aryl methyl sites for hydroxylation is 1. The molecule has 33 heavy (non-hydrogen) atoms. The number of hydrogen-bond acceptors (Lipinski definition) is 6. The normalized spacial score (nSPS) is 13.7. The molecule has 1 aliphatic heterocycles. The first-order valence-corrected chi connectivity index (χ1v) is 12.1. The quantitative estimate of drug-likeness (QED) is 0.368. The summed E-state index contributed by atoms with van der Waals surface area (Å²) in [4.78, 5) is 45.4. The number of anilines is 2. The van der Waals surface area contributed by atoms with Crippen LogP contribution in [-0.4, -0.2) is 32.7 Å². The van der Waals surface area contributed by atoms with Gasteiger partial charge in [-0.1, -0.05) is 65.6 Å². The smallest absolute Gasteiger partial charge is 0.273 e. The van der Waals surface area contributed by atoms with Crippen LogP contribution < -0.4 is 4.90 Å². The summed E-state index contributed by atoms with van der Waals surface area (Å²) in [5.41, 5.74) is 3.72. The Hall–Kier alpha value is -3.49. The van der Waals surface area contributed by atoms with E-state index in [2.05, 4.69) is 0 Å². The Morgan fingerprint density at radius 2 is 1.82 bits per heavy atom. The van der Waals surface area contributed by atoms with Crippen LogP contribution in [0.1, 0.15) is 21.5 Å². The van der Waals surface area contributed by atoms with Crippen LogP contribution in [0, 0.1) is 6.92 Å². The van der Waals surface area contributed by atoms with Crippen LogP contribution in [0.4, 0.5) is 15.6 Å². The molecular formula is C25H19N3O3S2. The van der Waals surface area contributed by atoms with Gasteiger partial charge in [0.1, 0.15) is 0 Å². The number of nitrogens with zero attached hydrogens (tertiary/aromatic N) is 3. The minimum absolute atomic E-state index is 0.150.